The van der Waals surface area contributed by atoms with E-state index in [1.165, 1.54) is 64.7 Å². The maximum absolute atomic E-state index is 5.58. The highest BCUT2D eigenvalue weighted by Gasteiger charge is 2.38. The summed E-state index contributed by atoms with van der Waals surface area (Å²) in [5.74, 6) is 2.01. The highest BCUT2D eigenvalue weighted by molar-refractivity contribution is 5.85. The van der Waals surface area contributed by atoms with Crippen LogP contribution in [0.4, 0.5) is 0 Å². The highest BCUT2D eigenvalue weighted by Crippen LogP contribution is 2.34. The lowest BCUT2D eigenvalue weighted by molar-refractivity contribution is 0.0687. The predicted molar refractivity (Wildman–Crippen MR) is 90.2 cm³/mol. The van der Waals surface area contributed by atoms with Crippen LogP contribution in [0.5, 0.6) is 0 Å². The number of hydrogen-bond donors (Lipinski definition) is 0. The molecule has 3 aliphatic rings. The Morgan fingerprint density at radius 3 is 2.00 bits per heavy atom. The lowest BCUT2D eigenvalue weighted by Crippen LogP contribution is -2.46. The Morgan fingerprint density at radius 2 is 1.52 bits per heavy atom. The Balaban J connectivity index is 0.00000161. The number of rotatable bonds is 5. The molecule has 0 aromatic carbocycles. The SMILES string of the molecule is CCCC(C1CO1)N1CCC(C2CCN(C)CC2)CC1.Cl. The third-order valence-corrected chi connectivity index (χ3v) is 5.85. The van der Waals surface area contributed by atoms with Gasteiger partial charge in [-0.3, -0.25) is 4.90 Å². The van der Waals surface area contributed by atoms with Crippen molar-refractivity contribution in [1.82, 2.24) is 9.80 Å². The van der Waals surface area contributed by atoms with Crippen molar-refractivity contribution >= 4 is 12.4 Å². The molecule has 4 heteroatoms. The quantitative estimate of drug-likeness (QED) is 0.727. The van der Waals surface area contributed by atoms with Gasteiger partial charge in [0.1, 0.15) is 0 Å². The predicted octanol–water partition coefficient (Wildman–Crippen LogP) is 3.03. The zero-order valence-corrected chi connectivity index (χ0v) is 14.6. The summed E-state index contributed by atoms with van der Waals surface area (Å²) in [7, 11) is 2.27. The summed E-state index contributed by atoms with van der Waals surface area (Å²) in [6.07, 6.45) is 8.91. The van der Waals surface area contributed by atoms with Crippen LogP contribution in [0, 0.1) is 11.8 Å². The van der Waals surface area contributed by atoms with E-state index in [9.17, 15) is 0 Å². The maximum atomic E-state index is 5.58. The van der Waals surface area contributed by atoms with Crippen molar-refractivity contribution in [1.29, 1.82) is 0 Å². The van der Waals surface area contributed by atoms with E-state index in [1.807, 2.05) is 0 Å². The second-order valence-corrected chi connectivity index (χ2v) is 7.24. The van der Waals surface area contributed by atoms with Crippen LogP contribution < -0.4 is 0 Å². The van der Waals surface area contributed by atoms with E-state index >= 15 is 0 Å². The van der Waals surface area contributed by atoms with E-state index in [2.05, 4.69) is 23.8 Å². The molecule has 3 saturated heterocycles. The summed E-state index contributed by atoms with van der Waals surface area (Å²) in [5.41, 5.74) is 0. The largest absolute Gasteiger partial charge is 0.371 e. The highest BCUT2D eigenvalue weighted by atomic mass is 35.5. The molecule has 2 unspecified atom stereocenters. The summed E-state index contributed by atoms with van der Waals surface area (Å²) in [4.78, 5) is 5.24. The van der Waals surface area contributed by atoms with E-state index < -0.39 is 0 Å². The minimum Gasteiger partial charge on any atom is -0.371 e. The van der Waals surface area contributed by atoms with Gasteiger partial charge < -0.3 is 9.64 Å². The van der Waals surface area contributed by atoms with Crippen molar-refractivity contribution in [2.24, 2.45) is 11.8 Å². The molecule has 0 bridgehead atoms. The van der Waals surface area contributed by atoms with E-state index in [1.54, 1.807) is 0 Å². The third-order valence-electron chi connectivity index (χ3n) is 5.85. The number of likely N-dealkylation sites (tertiary alicyclic amines) is 2. The standard InChI is InChI=1S/C17H32N2O.ClH/c1-3-4-16(17-13-20-17)19-11-7-15(8-12-19)14-5-9-18(2)10-6-14;/h14-17H,3-13H2,1-2H3;1H. The Kier molecular flexibility index (Phi) is 6.79. The van der Waals surface area contributed by atoms with Crippen LogP contribution in [0.25, 0.3) is 0 Å². The van der Waals surface area contributed by atoms with Gasteiger partial charge in [0.25, 0.3) is 0 Å². The van der Waals surface area contributed by atoms with E-state index in [0.29, 0.717) is 6.10 Å². The molecule has 3 nitrogen and oxygen atoms in total. The number of ether oxygens (including phenoxy) is 1. The summed E-state index contributed by atoms with van der Waals surface area (Å²) >= 11 is 0. The van der Waals surface area contributed by atoms with Crippen molar-refractivity contribution in [2.45, 2.75) is 57.6 Å². The van der Waals surface area contributed by atoms with Gasteiger partial charge in [0, 0.05) is 6.04 Å². The minimum absolute atomic E-state index is 0. The van der Waals surface area contributed by atoms with Crippen LogP contribution in [-0.4, -0.2) is 61.8 Å². The van der Waals surface area contributed by atoms with E-state index in [-0.39, 0.29) is 12.4 Å². The zero-order chi connectivity index (χ0) is 13.9. The fraction of sp³-hybridized carbons (Fsp3) is 1.00. The molecule has 0 aliphatic carbocycles. The molecule has 0 N–H and O–H groups in total. The fourth-order valence-corrected chi connectivity index (χ4v) is 4.40. The summed E-state index contributed by atoms with van der Waals surface area (Å²) in [6, 6.07) is 0.721. The van der Waals surface area contributed by atoms with E-state index in [0.717, 1.165) is 24.5 Å². The Labute approximate surface area is 136 Å². The number of nitrogens with zero attached hydrogens (tertiary/aromatic N) is 2. The topological polar surface area (TPSA) is 19.0 Å². The molecule has 0 spiro atoms. The Hall–Kier alpha value is 0.170. The molecule has 3 heterocycles. The molecule has 0 saturated carbocycles. The van der Waals surface area contributed by atoms with Crippen molar-refractivity contribution in [3.8, 4) is 0 Å². The average Bonchev–Trinajstić information content (AvgIpc) is 3.31. The summed E-state index contributed by atoms with van der Waals surface area (Å²) in [6.45, 7) is 8.60. The van der Waals surface area contributed by atoms with Gasteiger partial charge in [-0.05, 0) is 77.2 Å². The Bertz CT molecular complexity index is 295. The van der Waals surface area contributed by atoms with Gasteiger partial charge in [0.15, 0.2) is 0 Å². The number of epoxide rings is 1. The molecule has 2 atom stereocenters. The lowest BCUT2D eigenvalue weighted by Gasteiger charge is -2.41. The third kappa shape index (κ3) is 4.57. The van der Waals surface area contributed by atoms with Crippen LogP contribution in [-0.2, 0) is 4.74 Å². The van der Waals surface area contributed by atoms with Crippen molar-refractivity contribution in [3.05, 3.63) is 0 Å². The van der Waals surface area contributed by atoms with Crippen molar-refractivity contribution in [2.75, 3.05) is 39.8 Å². The smallest absolute Gasteiger partial charge is 0.0964 e. The van der Waals surface area contributed by atoms with Gasteiger partial charge in [0.05, 0.1) is 12.7 Å². The van der Waals surface area contributed by atoms with Gasteiger partial charge in [-0.1, -0.05) is 13.3 Å². The fourth-order valence-electron chi connectivity index (χ4n) is 4.40. The summed E-state index contributed by atoms with van der Waals surface area (Å²) < 4.78 is 5.58. The minimum atomic E-state index is 0. The number of halogens is 1. The second kappa shape index (κ2) is 8.14. The van der Waals surface area contributed by atoms with Crippen molar-refractivity contribution < 1.29 is 4.74 Å². The average molecular weight is 317 g/mol. The van der Waals surface area contributed by atoms with Gasteiger partial charge in [-0.15, -0.1) is 12.4 Å². The first kappa shape index (κ1) is 17.5. The molecule has 21 heavy (non-hydrogen) atoms. The van der Waals surface area contributed by atoms with Gasteiger partial charge in [-0.25, -0.2) is 0 Å². The van der Waals surface area contributed by atoms with Crippen LogP contribution in [0.1, 0.15) is 45.4 Å². The lowest BCUT2D eigenvalue weighted by atomic mass is 9.78. The first-order chi connectivity index (χ1) is 9.78. The van der Waals surface area contributed by atoms with Gasteiger partial charge >= 0.3 is 0 Å². The molecule has 3 rings (SSSR count). The van der Waals surface area contributed by atoms with Crippen LogP contribution in [0.2, 0.25) is 0 Å². The van der Waals surface area contributed by atoms with Crippen LogP contribution in [0.15, 0.2) is 0 Å². The monoisotopic (exact) mass is 316 g/mol. The van der Waals surface area contributed by atoms with Crippen LogP contribution in [0.3, 0.4) is 0 Å². The maximum Gasteiger partial charge on any atom is 0.0964 e. The molecule has 3 aliphatic heterocycles. The number of hydrogen-bond acceptors (Lipinski definition) is 3. The first-order valence-electron chi connectivity index (χ1n) is 8.82. The molecule has 0 radical (unpaired) electrons. The molecule has 0 aromatic heterocycles. The molecule has 124 valence electrons. The van der Waals surface area contributed by atoms with Crippen LogP contribution >= 0.6 is 12.4 Å². The van der Waals surface area contributed by atoms with Gasteiger partial charge in [-0.2, -0.15) is 0 Å². The molecule has 3 fully saturated rings. The Morgan fingerprint density at radius 1 is 1.00 bits per heavy atom. The normalized spacial score (nSPS) is 30.9. The van der Waals surface area contributed by atoms with Gasteiger partial charge in [0.2, 0.25) is 0 Å². The second-order valence-electron chi connectivity index (χ2n) is 7.24. The molecular formula is C17H33ClN2O. The summed E-state index contributed by atoms with van der Waals surface area (Å²) in [5, 5.41) is 0. The van der Waals surface area contributed by atoms with E-state index in [4.69, 9.17) is 4.74 Å². The number of piperidine rings is 2. The first-order valence-corrected chi connectivity index (χ1v) is 8.82. The zero-order valence-electron chi connectivity index (χ0n) is 13.8. The molecule has 0 amide bonds. The van der Waals surface area contributed by atoms with Crippen molar-refractivity contribution in [3.63, 3.8) is 0 Å². The molecular weight excluding hydrogens is 284 g/mol. The molecule has 0 aromatic rings.